The first-order chi connectivity index (χ1) is 14.2. The lowest BCUT2D eigenvalue weighted by atomic mass is 9.31. The lowest BCUT2D eigenvalue weighted by Gasteiger charge is -2.73. The van der Waals surface area contributed by atoms with E-state index in [0.29, 0.717) is 38.8 Å². The molecule has 0 aromatic rings. The number of ketones is 1. The predicted molar refractivity (Wildman–Crippen MR) is 130 cm³/mol. The smallest absolute Gasteiger partial charge is 0.142 e. The molecule has 0 amide bonds. The van der Waals surface area contributed by atoms with Gasteiger partial charge in [-0.3, -0.25) is 4.79 Å². The van der Waals surface area contributed by atoms with Crippen molar-refractivity contribution in [2.24, 2.45) is 50.2 Å². The summed E-state index contributed by atoms with van der Waals surface area (Å²) in [6.45, 7) is 20.2. The van der Waals surface area contributed by atoms with Crippen molar-refractivity contribution in [1.29, 1.82) is 0 Å². The third-order valence-electron chi connectivity index (χ3n) is 12.8. The van der Waals surface area contributed by atoms with Gasteiger partial charge in [0, 0.05) is 11.8 Å². The van der Waals surface area contributed by atoms with Crippen molar-refractivity contribution in [1.82, 2.24) is 0 Å². The van der Waals surface area contributed by atoms with E-state index in [2.05, 4.69) is 61.5 Å². The van der Waals surface area contributed by atoms with Crippen molar-refractivity contribution in [3.05, 3.63) is 11.6 Å². The highest BCUT2D eigenvalue weighted by molar-refractivity contribution is 5.88. The van der Waals surface area contributed by atoms with Gasteiger partial charge in [0.1, 0.15) is 5.78 Å². The highest BCUT2D eigenvalue weighted by Gasteiger charge is 2.69. The second-order valence-corrected chi connectivity index (χ2v) is 15.0. The van der Waals surface area contributed by atoms with Gasteiger partial charge in [0.05, 0.1) is 0 Å². The van der Waals surface area contributed by atoms with E-state index in [1.165, 1.54) is 56.9 Å². The number of Topliss-reactive ketones (excluding diaryl/α,β-unsaturated/α-hetero) is 1. The van der Waals surface area contributed by atoms with Crippen LogP contribution in [0.4, 0.5) is 0 Å². The van der Waals surface area contributed by atoms with Crippen LogP contribution in [0.15, 0.2) is 11.6 Å². The Bertz CT molecular complexity index is 831. The number of fused-ring (bicyclic) bond motifs is 7. The minimum Gasteiger partial charge on any atom is -0.299 e. The summed E-state index contributed by atoms with van der Waals surface area (Å²) in [5, 5.41) is 0. The standard InChI is InChI=1S/C30H48O/c1-25(2)13-14-27(5)15-17-29(7)22-11-9-20-21(10-12-24(31)26(20,3)4)28(22,6)16-18-30(29,8)23(27)19-25/h9,21-23H,10-19H2,1-8H3/t21-,22+,23-,27-,28-,29+,30+/m1/s1. The summed E-state index contributed by atoms with van der Waals surface area (Å²) >= 11 is 0. The molecular formula is C30H48O. The van der Waals surface area contributed by atoms with Crippen LogP contribution in [0.3, 0.4) is 0 Å². The molecule has 1 heteroatoms. The van der Waals surface area contributed by atoms with E-state index in [1.54, 1.807) is 0 Å². The van der Waals surface area contributed by atoms with Crippen LogP contribution in [-0.2, 0) is 4.79 Å². The quantitative estimate of drug-likeness (QED) is 0.357. The van der Waals surface area contributed by atoms with Crippen LogP contribution in [0.25, 0.3) is 0 Å². The molecule has 4 saturated carbocycles. The molecule has 0 saturated heterocycles. The molecular weight excluding hydrogens is 376 g/mol. The van der Waals surface area contributed by atoms with Crippen molar-refractivity contribution in [2.75, 3.05) is 0 Å². The average Bonchev–Trinajstić information content (AvgIpc) is 2.68. The topological polar surface area (TPSA) is 17.1 Å². The largest absolute Gasteiger partial charge is 0.299 e. The summed E-state index contributed by atoms with van der Waals surface area (Å²) in [4.78, 5) is 12.8. The third-order valence-corrected chi connectivity index (χ3v) is 12.8. The van der Waals surface area contributed by atoms with Crippen LogP contribution in [-0.4, -0.2) is 5.78 Å². The maximum Gasteiger partial charge on any atom is 0.142 e. The van der Waals surface area contributed by atoms with Gasteiger partial charge in [0.15, 0.2) is 0 Å². The zero-order valence-electron chi connectivity index (χ0n) is 21.8. The van der Waals surface area contributed by atoms with Crippen molar-refractivity contribution < 1.29 is 4.79 Å². The number of hydrogen-bond acceptors (Lipinski definition) is 1. The van der Waals surface area contributed by atoms with Gasteiger partial charge in [-0.2, -0.15) is 0 Å². The molecule has 5 aliphatic carbocycles. The van der Waals surface area contributed by atoms with Crippen LogP contribution in [0.1, 0.15) is 120 Å². The van der Waals surface area contributed by atoms with Gasteiger partial charge in [-0.15, -0.1) is 0 Å². The van der Waals surface area contributed by atoms with Gasteiger partial charge < -0.3 is 0 Å². The van der Waals surface area contributed by atoms with Gasteiger partial charge in [-0.05, 0) is 116 Å². The minimum atomic E-state index is -0.239. The molecule has 31 heavy (non-hydrogen) atoms. The van der Waals surface area contributed by atoms with E-state index in [4.69, 9.17) is 0 Å². The first kappa shape index (κ1) is 22.2. The first-order valence-electron chi connectivity index (χ1n) is 13.4. The molecule has 0 spiro atoms. The molecule has 0 bridgehead atoms. The summed E-state index contributed by atoms with van der Waals surface area (Å²) in [5.41, 5.74) is 3.56. The maximum absolute atomic E-state index is 12.8. The van der Waals surface area contributed by atoms with E-state index in [0.717, 1.165) is 24.7 Å². The second kappa shape index (κ2) is 6.29. The van der Waals surface area contributed by atoms with E-state index in [-0.39, 0.29) is 5.41 Å². The van der Waals surface area contributed by atoms with Gasteiger partial charge in [0.2, 0.25) is 0 Å². The number of rotatable bonds is 0. The van der Waals surface area contributed by atoms with Gasteiger partial charge in [-0.25, -0.2) is 0 Å². The molecule has 174 valence electrons. The van der Waals surface area contributed by atoms with E-state index >= 15 is 0 Å². The first-order valence-corrected chi connectivity index (χ1v) is 13.4. The fraction of sp³-hybridized carbons (Fsp3) is 0.900. The van der Waals surface area contributed by atoms with Crippen molar-refractivity contribution in [2.45, 2.75) is 120 Å². The molecule has 5 rings (SSSR count). The third kappa shape index (κ3) is 2.70. The molecule has 0 heterocycles. The zero-order valence-corrected chi connectivity index (χ0v) is 21.8. The Morgan fingerprint density at radius 1 is 0.774 bits per heavy atom. The molecule has 7 atom stereocenters. The molecule has 4 fully saturated rings. The number of allylic oxidation sites excluding steroid dienone is 2. The average molecular weight is 425 g/mol. The fourth-order valence-corrected chi connectivity index (χ4v) is 10.3. The summed E-state index contributed by atoms with van der Waals surface area (Å²) < 4.78 is 0. The Morgan fingerprint density at radius 2 is 1.39 bits per heavy atom. The van der Waals surface area contributed by atoms with Crippen LogP contribution in [0, 0.1) is 50.2 Å². The van der Waals surface area contributed by atoms with Crippen molar-refractivity contribution >= 4 is 5.78 Å². The second-order valence-electron chi connectivity index (χ2n) is 15.0. The van der Waals surface area contributed by atoms with Crippen LogP contribution in [0.2, 0.25) is 0 Å². The Kier molecular flexibility index (Phi) is 4.51. The predicted octanol–water partition coefficient (Wildman–Crippen LogP) is 8.38. The molecule has 0 radical (unpaired) electrons. The molecule has 0 N–H and O–H groups in total. The monoisotopic (exact) mass is 424 g/mol. The molecule has 5 aliphatic rings. The summed E-state index contributed by atoms with van der Waals surface area (Å²) in [5.74, 6) is 2.73. The number of carbonyl (C=O) groups is 1. The van der Waals surface area contributed by atoms with Crippen LogP contribution < -0.4 is 0 Å². The molecule has 1 nitrogen and oxygen atoms in total. The SMILES string of the molecule is CC1(C)CC[C@]2(C)CC[C@@]3(C)[C@H]4CC=C5[C@@H](CCC(=O)C5(C)C)[C@@]4(C)CC[C@@]3(C)[C@@H]2C1. The van der Waals surface area contributed by atoms with E-state index in [9.17, 15) is 4.79 Å². The van der Waals surface area contributed by atoms with Crippen LogP contribution in [0.5, 0.6) is 0 Å². The Labute approximate surface area is 192 Å². The highest BCUT2D eigenvalue weighted by Crippen LogP contribution is 2.76. The van der Waals surface area contributed by atoms with Gasteiger partial charge in [0.25, 0.3) is 0 Å². The Balaban J connectivity index is 1.57. The fourth-order valence-electron chi connectivity index (χ4n) is 10.3. The molecule has 0 aliphatic heterocycles. The van der Waals surface area contributed by atoms with E-state index in [1.807, 2.05) is 0 Å². The zero-order chi connectivity index (χ0) is 22.7. The summed E-state index contributed by atoms with van der Waals surface area (Å²) in [6.07, 6.45) is 15.5. The van der Waals surface area contributed by atoms with Crippen LogP contribution >= 0.6 is 0 Å². The normalized spacial score (nSPS) is 52.8. The van der Waals surface area contributed by atoms with Crippen molar-refractivity contribution in [3.63, 3.8) is 0 Å². The lowest BCUT2D eigenvalue weighted by molar-refractivity contribution is -0.229. The highest BCUT2D eigenvalue weighted by atomic mass is 16.1. The Hall–Kier alpha value is -0.590. The number of hydrogen-bond donors (Lipinski definition) is 0. The lowest BCUT2D eigenvalue weighted by Crippen LogP contribution is -2.65. The summed E-state index contributed by atoms with van der Waals surface area (Å²) in [7, 11) is 0. The Morgan fingerprint density at radius 3 is 2.10 bits per heavy atom. The molecule has 0 unspecified atom stereocenters. The summed E-state index contributed by atoms with van der Waals surface area (Å²) in [6, 6.07) is 0. The molecule has 0 aromatic carbocycles. The van der Waals surface area contributed by atoms with Gasteiger partial charge in [-0.1, -0.05) is 53.2 Å². The maximum atomic E-state index is 12.8. The number of carbonyl (C=O) groups excluding carboxylic acids is 1. The molecule has 0 aromatic heterocycles. The minimum absolute atomic E-state index is 0.239. The van der Waals surface area contributed by atoms with Crippen molar-refractivity contribution in [3.8, 4) is 0 Å². The van der Waals surface area contributed by atoms with E-state index < -0.39 is 0 Å². The van der Waals surface area contributed by atoms with Gasteiger partial charge >= 0.3 is 0 Å².